The number of hydrogen-bond acceptors (Lipinski definition) is 5. The Labute approximate surface area is 175 Å². The van der Waals surface area contributed by atoms with Gasteiger partial charge in [-0.15, -0.1) is 0 Å². The van der Waals surface area contributed by atoms with E-state index in [0.717, 1.165) is 19.3 Å². The lowest BCUT2D eigenvalue weighted by Crippen LogP contribution is -2.31. The molecule has 0 aliphatic carbocycles. The van der Waals surface area contributed by atoms with Gasteiger partial charge in [0.2, 0.25) is 0 Å². The highest BCUT2D eigenvalue weighted by Crippen LogP contribution is 2.18. The third kappa shape index (κ3) is 12.7. The van der Waals surface area contributed by atoms with Crippen LogP contribution >= 0.6 is 0 Å². The molecule has 7 heteroatoms. The van der Waals surface area contributed by atoms with Crippen molar-refractivity contribution >= 4 is 16.4 Å². The van der Waals surface area contributed by atoms with Gasteiger partial charge >= 0.3 is 16.4 Å². The number of ether oxygens (including phenoxy) is 1. The maximum Gasteiger partial charge on any atom is 0.398 e. The monoisotopic (exact) mass is 428 g/mol. The topological polar surface area (TPSA) is 89.9 Å². The average Bonchev–Trinajstić information content (AvgIpc) is 2.67. The van der Waals surface area contributed by atoms with Gasteiger partial charge in [0, 0.05) is 0 Å². The molecule has 0 aliphatic rings. The minimum Gasteiger partial charge on any atom is -0.425 e. The van der Waals surface area contributed by atoms with Crippen LogP contribution in [0, 0.1) is 0 Å². The van der Waals surface area contributed by atoms with Gasteiger partial charge in [0.25, 0.3) is 0 Å². The van der Waals surface area contributed by atoms with Crippen LogP contribution in [-0.4, -0.2) is 25.0 Å². The van der Waals surface area contributed by atoms with Crippen LogP contribution in [0.2, 0.25) is 0 Å². The molecule has 1 aromatic carbocycles. The fourth-order valence-corrected chi connectivity index (χ4v) is 3.58. The number of esters is 1. The standard InChI is InChI=1S/C22H36O6S/c1-3-5-7-8-9-10-11-12-13-19-15-17-20(18-16-19)27-22(23)21(14-6-4-2)28-29(24,25)26/h15-18,21H,3-14H2,1-2H3,(H,24,25,26). The molecule has 29 heavy (non-hydrogen) atoms. The van der Waals surface area contributed by atoms with Gasteiger partial charge in [-0.3, -0.25) is 4.55 Å². The van der Waals surface area contributed by atoms with Gasteiger partial charge in [0.1, 0.15) is 5.75 Å². The largest absolute Gasteiger partial charge is 0.425 e. The zero-order valence-electron chi connectivity index (χ0n) is 17.8. The summed E-state index contributed by atoms with van der Waals surface area (Å²) in [5.74, 6) is -0.498. The molecule has 166 valence electrons. The lowest BCUT2D eigenvalue weighted by Gasteiger charge is -2.14. The number of aryl methyl sites for hydroxylation is 1. The highest BCUT2D eigenvalue weighted by molar-refractivity contribution is 7.80. The second-order valence-corrected chi connectivity index (χ2v) is 8.49. The minimum atomic E-state index is -4.72. The van der Waals surface area contributed by atoms with E-state index in [9.17, 15) is 13.2 Å². The summed E-state index contributed by atoms with van der Waals surface area (Å²) in [4.78, 5) is 12.2. The molecule has 1 aromatic rings. The zero-order valence-corrected chi connectivity index (χ0v) is 18.6. The van der Waals surface area contributed by atoms with Gasteiger partial charge in [-0.25, -0.2) is 8.98 Å². The van der Waals surface area contributed by atoms with E-state index in [2.05, 4.69) is 11.1 Å². The molecular weight excluding hydrogens is 392 g/mol. The summed E-state index contributed by atoms with van der Waals surface area (Å²) in [7, 11) is -4.72. The van der Waals surface area contributed by atoms with E-state index < -0.39 is 22.5 Å². The first kappa shape index (κ1) is 25.6. The highest BCUT2D eigenvalue weighted by atomic mass is 32.3. The van der Waals surface area contributed by atoms with Gasteiger partial charge in [-0.2, -0.15) is 8.42 Å². The van der Waals surface area contributed by atoms with E-state index in [4.69, 9.17) is 9.29 Å². The lowest BCUT2D eigenvalue weighted by molar-refractivity contribution is -0.142. The van der Waals surface area contributed by atoms with E-state index in [1.807, 2.05) is 19.1 Å². The minimum absolute atomic E-state index is 0.158. The van der Waals surface area contributed by atoms with Crippen molar-refractivity contribution in [1.29, 1.82) is 0 Å². The number of rotatable bonds is 16. The smallest absolute Gasteiger partial charge is 0.398 e. The fourth-order valence-electron chi connectivity index (χ4n) is 3.11. The van der Waals surface area contributed by atoms with Crippen molar-refractivity contribution in [3.05, 3.63) is 29.8 Å². The molecule has 0 bridgehead atoms. The molecule has 1 atom stereocenters. The Morgan fingerprint density at radius 2 is 1.45 bits per heavy atom. The summed E-state index contributed by atoms with van der Waals surface area (Å²) in [6, 6.07) is 7.22. The Balaban J connectivity index is 2.40. The normalized spacial score (nSPS) is 12.7. The van der Waals surface area contributed by atoms with Gasteiger partial charge in [-0.05, 0) is 37.0 Å². The first-order valence-corrected chi connectivity index (χ1v) is 12.2. The predicted molar refractivity (Wildman–Crippen MR) is 114 cm³/mol. The van der Waals surface area contributed by atoms with Gasteiger partial charge in [-0.1, -0.05) is 83.8 Å². The van der Waals surface area contributed by atoms with Crippen LogP contribution in [0.3, 0.4) is 0 Å². The molecule has 0 aliphatic heterocycles. The summed E-state index contributed by atoms with van der Waals surface area (Å²) >= 11 is 0. The molecule has 0 saturated heterocycles. The van der Waals surface area contributed by atoms with E-state index in [1.165, 1.54) is 50.5 Å². The maximum atomic E-state index is 12.2. The van der Waals surface area contributed by atoms with Crippen LogP contribution < -0.4 is 4.74 Å². The molecule has 0 fully saturated rings. The molecule has 1 N–H and O–H groups in total. The number of carbonyl (C=O) groups is 1. The Bertz CT molecular complexity index is 669. The maximum absolute atomic E-state index is 12.2. The summed E-state index contributed by atoms with van der Waals surface area (Å²) in [6.45, 7) is 4.13. The molecule has 0 amide bonds. The molecule has 0 aromatic heterocycles. The SMILES string of the molecule is CCCCCCCCCCc1ccc(OC(=O)C(CCCC)OS(=O)(=O)O)cc1. The van der Waals surface area contributed by atoms with Crippen molar-refractivity contribution in [3.8, 4) is 5.75 Å². The number of benzene rings is 1. The quantitative estimate of drug-likeness (QED) is 0.158. The van der Waals surface area contributed by atoms with Gasteiger partial charge in [0.05, 0.1) is 0 Å². The number of hydrogen-bond donors (Lipinski definition) is 1. The van der Waals surface area contributed by atoms with Crippen molar-refractivity contribution < 1.29 is 26.7 Å². The van der Waals surface area contributed by atoms with E-state index in [1.54, 1.807) is 12.1 Å². The Hall–Kier alpha value is -1.44. The summed E-state index contributed by atoms with van der Waals surface area (Å²) in [5.41, 5.74) is 1.17. The second kappa shape index (κ2) is 14.5. The van der Waals surface area contributed by atoms with Gasteiger partial charge < -0.3 is 4.74 Å². The zero-order chi connectivity index (χ0) is 21.5. The Morgan fingerprint density at radius 3 is 2.00 bits per heavy atom. The van der Waals surface area contributed by atoms with E-state index >= 15 is 0 Å². The van der Waals surface area contributed by atoms with Crippen molar-refractivity contribution in [3.63, 3.8) is 0 Å². The molecule has 6 nitrogen and oxygen atoms in total. The van der Waals surface area contributed by atoms with E-state index in [-0.39, 0.29) is 6.42 Å². The van der Waals surface area contributed by atoms with Crippen molar-refractivity contribution in [1.82, 2.24) is 0 Å². The Kier molecular flexibility index (Phi) is 12.8. The highest BCUT2D eigenvalue weighted by Gasteiger charge is 2.26. The van der Waals surface area contributed by atoms with Crippen LogP contribution in [0.4, 0.5) is 0 Å². The van der Waals surface area contributed by atoms with Gasteiger partial charge in [0.15, 0.2) is 6.10 Å². The second-order valence-electron chi connectivity index (χ2n) is 7.44. The third-order valence-electron chi connectivity index (χ3n) is 4.78. The molecule has 0 radical (unpaired) electrons. The molecule has 0 saturated carbocycles. The van der Waals surface area contributed by atoms with Crippen molar-refractivity contribution in [2.24, 2.45) is 0 Å². The Morgan fingerprint density at radius 1 is 0.897 bits per heavy atom. The molecule has 1 unspecified atom stereocenters. The van der Waals surface area contributed by atoms with Crippen LogP contribution in [0.5, 0.6) is 5.75 Å². The van der Waals surface area contributed by atoms with Crippen molar-refractivity contribution in [2.75, 3.05) is 0 Å². The van der Waals surface area contributed by atoms with Crippen LogP contribution in [0.1, 0.15) is 90.0 Å². The first-order valence-electron chi connectivity index (χ1n) is 10.8. The molecule has 1 rings (SSSR count). The number of unbranched alkanes of at least 4 members (excludes halogenated alkanes) is 8. The molecule has 0 heterocycles. The summed E-state index contributed by atoms with van der Waals surface area (Å²) in [6.07, 6.45) is 11.3. The van der Waals surface area contributed by atoms with E-state index in [0.29, 0.717) is 12.2 Å². The van der Waals surface area contributed by atoms with Crippen molar-refractivity contribution in [2.45, 2.75) is 97.0 Å². The predicted octanol–water partition coefficient (Wildman–Crippen LogP) is 5.65. The van der Waals surface area contributed by atoms with Crippen LogP contribution in [0.15, 0.2) is 24.3 Å². The molecular formula is C22H36O6S. The summed E-state index contributed by atoms with van der Waals surface area (Å²) < 4.78 is 40.4. The average molecular weight is 429 g/mol. The lowest BCUT2D eigenvalue weighted by atomic mass is 10.0. The third-order valence-corrected chi connectivity index (χ3v) is 5.26. The molecule has 0 spiro atoms. The summed E-state index contributed by atoms with van der Waals surface area (Å²) in [5, 5.41) is 0. The van der Waals surface area contributed by atoms with Crippen LogP contribution in [0.25, 0.3) is 0 Å². The fraction of sp³-hybridized carbons (Fsp3) is 0.682. The first-order chi connectivity index (χ1) is 13.9. The van der Waals surface area contributed by atoms with Crippen LogP contribution in [-0.2, 0) is 25.8 Å². The number of carbonyl (C=O) groups excluding carboxylic acids is 1.